The van der Waals surface area contributed by atoms with Crippen LogP contribution in [0, 0.1) is 21.7 Å². The van der Waals surface area contributed by atoms with Crippen molar-refractivity contribution in [3.05, 3.63) is 84.9 Å². The van der Waals surface area contributed by atoms with Crippen molar-refractivity contribution in [2.75, 3.05) is 0 Å². The lowest BCUT2D eigenvalue weighted by Crippen LogP contribution is -2.50. The molecule has 4 bridgehead atoms. The molecule has 10 heteroatoms. The van der Waals surface area contributed by atoms with E-state index in [9.17, 15) is 19.2 Å². The van der Waals surface area contributed by atoms with Gasteiger partial charge in [0.25, 0.3) is 0 Å². The van der Waals surface area contributed by atoms with Gasteiger partial charge in [0, 0.05) is 43.5 Å². The van der Waals surface area contributed by atoms with Crippen molar-refractivity contribution in [3.63, 3.8) is 0 Å². The van der Waals surface area contributed by atoms with Crippen LogP contribution in [-0.4, -0.2) is 45.0 Å². The van der Waals surface area contributed by atoms with Crippen LogP contribution in [0.4, 0.5) is 0 Å². The largest absolute Gasteiger partial charge is 0.446 e. The first-order chi connectivity index (χ1) is 26.6. The average molecular weight is 749 g/mol. The fourth-order valence-electron chi connectivity index (χ4n) is 10.2. The second-order valence-corrected chi connectivity index (χ2v) is 17.5. The van der Waals surface area contributed by atoms with E-state index >= 15 is 0 Å². The highest BCUT2D eigenvalue weighted by molar-refractivity contribution is 6.21. The lowest BCUT2D eigenvalue weighted by molar-refractivity contribution is -0.176. The number of fused-ring (bicyclic) bond motifs is 8. The lowest BCUT2D eigenvalue weighted by Gasteiger charge is -2.34. The molecule has 2 saturated carbocycles. The second kappa shape index (κ2) is 10.9. The summed E-state index contributed by atoms with van der Waals surface area (Å²) in [6.45, 7) is 11.3. The van der Waals surface area contributed by atoms with Crippen LogP contribution in [0.2, 0.25) is 0 Å². The first-order valence-corrected chi connectivity index (χ1v) is 19.1. The summed E-state index contributed by atoms with van der Waals surface area (Å²) >= 11 is 0. The Labute approximate surface area is 322 Å². The minimum Gasteiger partial charge on any atom is -0.446 e. The molecule has 0 unspecified atom stereocenters. The summed E-state index contributed by atoms with van der Waals surface area (Å²) < 4.78 is 24.0. The molecule has 4 fully saturated rings. The molecule has 4 aliphatic rings. The molecule has 2 aliphatic carbocycles. The molecule has 4 aromatic carbocycles. The maximum atomic E-state index is 14.1. The number of esters is 4. The van der Waals surface area contributed by atoms with Gasteiger partial charge >= 0.3 is 23.9 Å². The summed E-state index contributed by atoms with van der Waals surface area (Å²) in [7, 11) is 0. The molecule has 4 heterocycles. The highest BCUT2D eigenvalue weighted by Crippen LogP contribution is 2.67. The first-order valence-electron chi connectivity index (χ1n) is 19.1. The third-order valence-electron chi connectivity index (χ3n) is 14.8. The van der Waals surface area contributed by atoms with Crippen LogP contribution >= 0.6 is 0 Å². The number of para-hydroxylation sites is 2. The number of aromatic nitrogens is 2. The first kappa shape index (κ1) is 34.6. The smallest absolute Gasteiger partial charge is 0.356 e. The zero-order valence-corrected chi connectivity index (χ0v) is 32.1. The minimum atomic E-state index is -1.40. The Morgan fingerprint density at radius 3 is 1.25 bits per heavy atom. The van der Waals surface area contributed by atoms with Gasteiger partial charge in [0.1, 0.15) is 11.5 Å². The van der Waals surface area contributed by atoms with Crippen LogP contribution in [0.25, 0.3) is 54.7 Å². The Kier molecular flexibility index (Phi) is 6.73. The topological polar surface area (TPSA) is 131 Å². The van der Waals surface area contributed by atoms with Crippen molar-refractivity contribution >= 4 is 67.5 Å². The van der Waals surface area contributed by atoms with Gasteiger partial charge in [0.2, 0.25) is 11.2 Å². The van der Waals surface area contributed by atoms with Crippen LogP contribution in [0.3, 0.4) is 0 Å². The van der Waals surface area contributed by atoms with Crippen molar-refractivity contribution in [1.29, 1.82) is 0 Å². The number of carbonyl (C=O) groups is 4. The van der Waals surface area contributed by atoms with Gasteiger partial charge in [-0.2, -0.15) is 0 Å². The molecule has 0 N–H and O–H groups in total. The van der Waals surface area contributed by atoms with Crippen LogP contribution in [0.5, 0.6) is 11.5 Å². The third-order valence-corrected chi connectivity index (χ3v) is 14.8. The zero-order valence-electron chi connectivity index (χ0n) is 32.1. The van der Waals surface area contributed by atoms with Gasteiger partial charge in [0.15, 0.2) is 0 Å². The molecule has 0 spiro atoms. The highest BCUT2D eigenvalue weighted by atomic mass is 16.6. The van der Waals surface area contributed by atoms with E-state index in [-0.39, 0.29) is 23.4 Å². The third kappa shape index (κ3) is 4.06. The number of benzene rings is 4. The summed E-state index contributed by atoms with van der Waals surface area (Å²) in [4.78, 5) is 64.2. The molecule has 6 aromatic rings. The number of carbonyl (C=O) groups excluding carboxylic acids is 4. The molecule has 56 heavy (non-hydrogen) atoms. The minimum absolute atomic E-state index is 0.288. The van der Waals surface area contributed by atoms with Gasteiger partial charge in [-0.3, -0.25) is 9.59 Å². The molecule has 282 valence electrons. The number of ether oxygens (including phenoxy) is 4. The van der Waals surface area contributed by atoms with E-state index in [1.54, 1.807) is 12.1 Å². The fraction of sp³-hybridized carbons (Fsp3) is 0.348. The van der Waals surface area contributed by atoms with Gasteiger partial charge in [-0.25, -0.2) is 19.6 Å². The van der Waals surface area contributed by atoms with E-state index in [0.29, 0.717) is 47.5 Å². The Morgan fingerprint density at radius 1 is 0.518 bits per heavy atom. The molecule has 0 amide bonds. The summed E-state index contributed by atoms with van der Waals surface area (Å²) in [6.07, 6.45) is 1.84. The molecule has 10 rings (SSSR count). The van der Waals surface area contributed by atoms with Gasteiger partial charge in [-0.1, -0.05) is 64.1 Å². The van der Waals surface area contributed by atoms with Crippen LogP contribution in [0.15, 0.2) is 84.9 Å². The summed E-state index contributed by atoms with van der Waals surface area (Å²) in [5.41, 5.74) is -1.38. The van der Waals surface area contributed by atoms with E-state index < -0.39 is 44.8 Å². The zero-order chi connectivity index (χ0) is 39.2. The number of nitrogens with zero attached hydrogens (tertiary/aromatic N) is 2. The lowest BCUT2D eigenvalue weighted by atomic mass is 9.66. The summed E-state index contributed by atoms with van der Waals surface area (Å²) in [5.74, 6) is -1.38. The maximum Gasteiger partial charge on any atom is 0.356 e. The highest BCUT2D eigenvalue weighted by Gasteiger charge is 2.77. The molecular formula is C46H40N2O8. The quantitative estimate of drug-likeness (QED) is 0.0958. The number of hydrogen-bond acceptors (Lipinski definition) is 10. The number of pyridine rings is 2. The Morgan fingerprint density at radius 2 is 0.893 bits per heavy atom. The molecule has 2 aromatic heterocycles. The van der Waals surface area contributed by atoms with Crippen LogP contribution < -0.4 is 9.47 Å². The molecule has 10 nitrogen and oxygen atoms in total. The van der Waals surface area contributed by atoms with Crippen LogP contribution in [0.1, 0.15) is 67.2 Å². The maximum absolute atomic E-state index is 14.1. The standard InChI is InChI=1S/C46H40N2O8/c1-41(2)43(5)19-21-45(41,55-37(43)49)39(51)53-25-15-17-33-29(23-25)35(27-11-7-9-13-31(27)47-33)36-28-12-8-10-14-32(28)48-34-18-16-26(24-30(34)36)54-40(52)46-22-20-44(6,38(50)56-46)42(46,3)4/h7-18,23-24H,19-22H2,1-6H3/t43-,44-,45+,46+/m0/s1. The van der Waals surface area contributed by atoms with E-state index in [0.717, 1.165) is 32.9 Å². The van der Waals surface area contributed by atoms with E-state index in [4.69, 9.17) is 28.9 Å². The molecular weight excluding hydrogens is 709 g/mol. The SMILES string of the molecule is CC1(C)[C@@]2(C)CC[C@]1(C(=O)Oc1ccc3nc4ccccc4c(-c4c5ccccc5nc5ccc(OC(=O)[C@@]67CC[C@@](C)(C(=O)O6)C7(C)C)cc45)c3c1)OC2=O. The second-order valence-electron chi connectivity index (χ2n) is 17.5. The molecule has 2 saturated heterocycles. The van der Waals surface area contributed by atoms with E-state index in [1.807, 2.05) is 114 Å². The summed E-state index contributed by atoms with van der Waals surface area (Å²) in [6, 6.07) is 26.4. The van der Waals surface area contributed by atoms with Crippen LogP contribution in [-0.2, 0) is 28.7 Å². The van der Waals surface area contributed by atoms with Gasteiger partial charge < -0.3 is 18.9 Å². The average Bonchev–Trinajstić information content (AvgIpc) is 3.64. The number of hydrogen-bond donors (Lipinski definition) is 0. The Balaban J connectivity index is 1.14. The molecule has 4 atom stereocenters. The van der Waals surface area contributed by atoms with Crippen molar-refractivity contribution < 1.29 is 38.1 Å². The van der Waals surface area contributed by atoms with Crippen molar-refractivity contribution in [2.24, 2.45) is 21.7 Å². The van der Waals surface area contributed by atoms with Crippen molar-refractivity contribution in [2.45, 2.75) is 78.4 Å². The van der Waals surface area contributed by atoms with Gasteiger partial charge in [0.05, 0.1) is 32.9 Å². The van der Waals surface area contributed by atoms with Crippen molar-refractivity contribution in [1.82, 2.24) is 9.97 Å². The van der Waals surface area contributed by atoms with E-state index in [1.165, 1.54) is 0 Å². The van der Waals surface area contributed by atoms with Crippen molar-refractivity contribution in [3.8, 4) is 22.6 Å². The van der Waals surface area contributed by atoms with Gasteiger partial charge in [-0.05, 0) is 88.1 Å². The predicted molar refractivity (Wildman–Crippen MR) is 209 cm³/mol. The Bertz CT molecular complexity index is 2620. The normalized spacial score (nSPS) is 28.2. The van der Waals surface area contributed by atoms with E-state index in [2.05, 4.69) is 0 Å². The fourth-order valence-corrected chi connectivity index (χ4v) is 10.2. The Hall–Kier alpha value is -5.90. The molecule has 2 aliphatic heterocycles. The predicted octanol–water partition coefficient (Wildman–Crippen LogP) is 8.81. The molecule has 0 radical (unpaired) electrons. The monoisotopic (exact) mass is 748 g/mol. The summed E-state index contributed by atoms with van der Waals surface area (Å²) in [5, 5.41) is 3.13. The van der Waals surface area contributed by atoms with Gasteiger partial charge in [-0.15, -0.1) is 0 Å². The number of rotatable bonds is 5.